The number of hydrogen-bond acceptors (Lipinski definition) is 7. The predicted octanol–water partition coefficient (Wildman–Crippen LogP) is 2.46. The Bertz CT molecular complexity index is 1120. The van der Waals surface area contributed by atoms with E-state index < -0.39 is 23.5 Å². The van der Waals surface area contributed by atoms with Gasteiger partial charge in [-0.2, -0.15) is 5.01 Å². The van der Waals surface area contributed by atoms with Crippen LogP contribution in [0.25, 0.3) is 0 Å². The second kappa shape index (κ2) is 7.69. The van der Waals surface area contributed by atoms with E-state index in [9.17, 15) is 19.5 Å². The highest BCUT2D eigenvalue weighted by atomic mass is 79.9. The Balaban J connectivity index is 1.83. The molecule has 1 atom stereocenters. The van der Waals surface area contributed by atoms with Crippen molar-refractivity contribution in [3.63, 3.8) is 0 Å². The number of fused-ring (bicyclic) bond motifs is 2. The third-order valence-electron chi connectivity index (χ3n) is 4.89. The van der Waals surface area contributed by atoms with E-state index in [1.165, 1.54) is 24.0 Å². The molecule has 31 heavy (non-hydrogen) atoms. The third kappa shape index (κ3) is 3.32. The number of phenols is 1. The predicted molar refractivity (Wildman–Crippen MR) is 113 cm³/mol. The van der Waals surface area contributed by atoms with Crippen LogP contribution in [-0.4, -0.2) is 46.9 Å². The van der Waals surface area contributed by atoms with Crippen LogP contribution in [0.3, 0.4) is 0 Å². The van der Waals surface area contributed by atoms with Crippen LogP contribution in [0, 0.1) is 0 Å². The minimum absolute atomic E-state index is 0.0347. The van der Waals surface area contributed by atoms with E-state index in [0.717, 1.165) is 5.01 Å². The van der Waals surface area contributed by atoms with Crippen LogP contribution < -0.4 is 4.90 Å². The first-order valence-corrected chi connectivity index (χ1v) is 10.2. The zero-order valence-corrected chi connectivity index (χ0v) is 18.2. The van der Waals surface area contributed by atoms with Crippen molar-refractivity contribution < 1.29 is 29.0 Å². The number of hydrogen-bond donors (Lipinski definition) is 1. The molecule has 2 heterocycles. The molecule has 160 valence electrons. The fourth-order valence-corrected chi connectivity index (χ4v) is 3.96. The Morgan fingerprint density at radius 1 is 1.23 bits per heavy atom. The number of benzene rings is 2. The molecule has 0 fully saturated rings. The summed E-state index contributed by atoms with van der Waals surface area (Å²) in [6, 6.07) is 11.0. The first-order valence-electron chi connectivity index (χ1n) is 9.43. The lowest BCUT2D eigenvalue weighted by Crippen LogP contribution is -2.52. The Morgan fingerprint density at radius 3 is 2.58 bits per heavy atom. The number of esters is 1. The van der Waals surface area contributed by atoms with Gasteiger partial charge in [0.15, 0.2) is 0 Å². The number of carbonyl (C=O) groups is 3. The summed E-state index contributed by atoms with van der Waals surface area (Å²) >= 11 is 3.39. The molecule has 2 aromatic carbocycles. The molecule has 1 N–H and O–H groups in total. The van der Waals surface area contributed by atoms with Crippen molar-refractivity contribution in [1.82, 2.24) is 5.01 Å². The van der Waals surface area contributed by atoms with Crippen LogP contribution in [0.2, 0.25) is 0 Å². The monoisotopic (exact) mass is 487 g/mol. The summed E-state index contributed by atoms with van der Waals surface area (Å²) in [6.45, 7) is 2.77. The molecule has 1 unspecified atom stereocenters. The average Bonchev–Trinajstić information content (AvgIpc) is 3.23. The van der Waals surface area contributed by atoms with Crippen LogP contribution in [0.15, 0.2) is 52.0 Å². The summed E-state index contributed by atoms with van der Waals surface area (Å²) in [7, 11) is 0. The fraction of sp³-hybridized carbons (Fsp3) is 0.238. The van der Waals surface area contributed by atoms with E-state index in [-0.39, 0.29) is 24.8 Å². The Morgan fingerprint density at radius 2 is 1.94 bits per heavy atom. The van der Waals surface area contributed by atoms with Gasteiger partial charge in [0.2, 0.25) is 11.8 Å². The van der Waals surface area contributed by atoms with E-state index >= 15 is 0 Å². The van der Waals surface area contributed by atoms with Crippen molar-refractivity contribution >= 4 is 45.3 Å². The summed E-state index contributed by atoms with van der Waals surface area (Å²) in [5, 5.41) is 14.8. The summed E-state index contributed by atoms with van der Waals surface area (Å²) in [5.41, 5.74) is -0.655. The average molecular weight is 488 g/mol. The van der Waals surface area contributed by atoms with E-state index in [0.29, 0.717) is 21.3 Å². The number of carbonyl (C=O) groups excluding carboxylic acids is 3. The second-order valence-electron chi connectivity index (χ2n) is 6.89. The van der Waals surface area contributed by atoms with Gasteiger partial charge >= 0.3 is 17.6 Å². The Hall–Kier alpha value is -3.40. The van der Waals surface area contributed by atoms with Gasteiger partial charge in [0.05, 0.1) is 17.9 Å². The summed E-state index contributed by atoms with van der Waals surface area (Å²) in [5.74, 6) is -1.67. The van der Waals surface area contributed by atoms with Crippen LogP contribution in [-0.2, 0) is 29.6 Å². The number of rotatable bonds is 4. The molecule has 2 aliphatic heterocycles. The van der Waals surface area contributed by atoms with Gasteiger partial charge in [-0.05, 0) is 49.4 Å². The maximum atomic E-state index is 13.7. The highest BCUT2D eigenvalue weighted by Crippen LogP contribution is 2.49. The number of amides is 2. The van der Waals surface area contributed by atoms with Crippen molar-refractivity contribution in [1.29, 1.82) is 0 Å². The first kappa shape index (κ1) is 20.9. The molecular weight excluding hydrogens is 470 g/mol. The fourth-order valence-electron chi connectivity index (χ4n) is 3.60. The molecule has 0 bridgehead atoms. The largest absolute Gasteiger partial charge is 0.508 e. The van der Waals surface area contributed by atoms with Crippen molar-refractivity contribution in [3.05, 3.63) is 58.1 Å². The van der Waals surface area contributed by atoms with Crippen LogP contribution in [0.5, 0.6) is 5.75 Å². The van der Waals surface area contributed by atoms with Crippen molar-refractivity contribution in [2.45, 2.75) is 19.6 Å². The van der Waals surface area contributed by atoms with Gasteiger partial charge in [0.1, 0.15) is 12.3 Å². The quantitative estimate of drug-likeness (QED) is 0.663. The molecule has 2 aliphatic rings. The van der Waals surface area contributed by atoms with Crippen LogP contribution in [0.4, 0.5) is 5.69 Å². The van der Waals surface area contributed by atoms with Gasteiger partial charge in [0.25, 0.3) is 0 Å². The maximum Gasteiger partial charge on any atom is 0.326 e. The lowest BCUT2D eigenvalue weighted by Gasteiger charge is -2.29. The number of halogens is 1. The topological polar surface area (TPSA) is 109 Å². The van der Waals surface area contributed by atoms with Crippen LogP contribution >= 0.6 is 15.9 Å². The third-order valence-corrected chi connectivity index (χ3v) is 5.38. The van der Waals surface area contributed by atoms with Gasteiger partial charge in [0, 0.05) is 17.0 Å². The highest BCUT2D eigenvalue weighted by Gasteiger charge is 2.63. The van der Waals surface area contributed by atoms with E-state index in [1.54, 1.807) is 37.3 Å². The van der Waals surface area contributed by atoms with Crippen LogP contribution in [0.1, 0.15) is 25.0 Å². The lowest BCUT2D eigenvalue weighted by atomic mass is 10.0. The molecule has 1 spiro atoms. The van der Waals surface area contributed by atoms with Crippen molar-refractivity contribution in [3.8, 4) is 5.75 Å². The summed E-state index contributed by atoms with van der Waals surface area (Å²) in [6.07, 6.45) is 0. The number of hydrazone groups is 1. The number of ether oxygens (including phenoxy) is 2. The standard InChI is InChI=1S/C21H18BrN3O6/c1-3-30-18(28)11-24-17-9-6-14(22)10-16(17)21(20(24)29)25(12(2)26)23-19(31-21)13-4-7-15(27)8-5-13/h4-10,27H,3,11H2,1-2H3. The molecule has 0 aliphatic carbocycles. The second-order valence-corrected chi connectivity index (χ2v) is 7.80. The Labute approximate surface area is 186 Å². The number of anilines is 1. The van der Waals surface area contributed by atoms with E-state index in [4.69, 9.17) is 9.47 Å². The summed E-state index contributed by atoms with van der Waals surface area (Å²) in [4.78, 5) is 39.6. The number of phenolic OH excluding ortho intramolecular Hbond substituents is 1. The Kier molecular flexibility index (Phi) is 5.18. The van der Waals surface area contributed by atoms with Gasteiger partial charge in [-0.1, -0.05) is 15.9 Å². The highest BCUT2D eigenvalue weighted by molar-refractivity contribution is 9.10. The molecule has 9 nitrogen and oxygen atoms in total. The van der Waals surface area contributed by atoms with Gasteiger partial charge in [-0.15, -0.1) is 5.10 Å². The van der Waals surface area contributed by atoms with Crippen molar-refractivity contribution in [2.75, 3.05) is 18.1 Å². The number of aromatic hydroxyl groups is 1. The number of nitrogens with zero attached hydrogens (tertiary/aromatic N) is 3. The smallest absolute Gasteiger partial charge is 0.326 e. The molecule has 2 aromatic rings. The molecule has 0 saturated carbocycles. The molecule has 10 heteroatoms. The lowest BCUT2D eigenvalue weighted by molar-refractivity contribution is -0.162. The minimum Gasteiger partial charge on any atom is -0.508 e. The minimum atomic E-state index is -1.90. The maximum absolute atomic E-state index is 13.7. The molecule has 4 rings (SSSR count). The van der Waals surface area contributed by atoms with Gasteiger partial charge < -0.3 is 14.6 Å². The molecule has 0 aromatic heterocycles. The van der Waals surface area contributed by atoms with Gasteiger partial charge in [-0.3, -0.25) is 19.3 Å². The van der Waals surface area contributed by atoms with E-state index in [2.05, 4.69) is 21.0 Å². The van der Waals surface area contributed by atoms with E-state index in [1.807, 2.05) is 0 Å². The molecule has 0 saturated heterocycles. The van der Waals surface area contributed by atoms with Crippen molar-refractivity contribution in [2.24, 2.45) is 5.10 Å². The van der Waals surface area contributed by atoms with Gasteiger partial charge in [-0.25, -0.2) is 0 Å². The normalized spacial score (nSPS) is 19.3. The summed E-state index contributed by atoms with van der Waals surface area (Å²) < 4.78 is 11.7. The SMILES string of the molecule is CCOC(=O)CN1C(=O)C2(OC(c3ccc(O)cc3)=NN2C(C)=O)c2cc(Br)ccc21. The zero-order valence-electron chi connectivity index (χ0n) is 16.7. The molecular formula is C21H18BrN3O6. The molecule has 0 radical (unpaired) electrons. The molecule has 2 amide bonds. The first-order chi connectivity index (χ1) is 14.8. The zero-order chi connectivity index (χ0) is 22.3.